The van der Waals surface area contributed by atoms with E-state index < -0.39 is 0 Å². The zero-order chi connectivity index (χ0) is 21.0. The molecule has 4 heterocycles. The Morgan fingerprint density at radius 1 is 1.13 bits per heavy atom. The van der Waals surface area contributed by atoms with Gasteiger partial charge in [0.05, 0.1) is 12.4 Å². The minimum Gasteiger partial charge on any atom is -0.507 e. The first-order valence-electron chi connectivity index (χ1n) is 11.2. The predicted octanol–water partition coefficient (Wildman–Crippen LogP) is 2.63. The van der Waals surface area contributed by atoms with Gasteiger partial charge in [0.25, 0.3) is 0 Å². The van der Waals surface area contributed by atoms with Gasteiger partial charge in [0, 0.05) is 49.0 Å². The van der Waals surface area contributed by atoms with Crippen LogP contribution >= 0.6 is 0 Å². The Morgan fingerprint density at radius 2 is 2.03 bits per heavy atom. The monoisotopic (exact) mass is 417 g/mol. The molecule has 2 aromatic heterocycles. The standard InChI is InChI=1S/C23H27N7O/c1-23(6-7-23)21-14-29(10-8-24-21)22-25-13-18(27-28-22)16-5-4-15(11-20(16)31)17-12-26-30-9-2-3-19(17)30/h4-5,11-13,21,24,31H,2-3,6-10,14H2,1H3. The van der Waals surface area contributed by atoms with Crippen molar-refractivity contribution < 1.29 is 5.11 Å². The first-order valence-corrected chi connectivity index (χ1v) is 11.2. The molecule has 2 aliphatic heterocycles. The number of anilines is 1. The highest BCUT2D eigenvalue weighted by atomic mass is 16.3. The average molecular weight is 418 g/mol. The zero-order valence-corrected chi connectivity index (χ0v) is 17.8. The number of nitrogens with one attached hydrogen (secondary N) is 1. The third kappa shape index (κ3) is 3.26. The van der Waals surface area contributed by atoms with E-state index in [4.69, 9.17) is 0 Å². The highest BCUT2D eigenvalue weighted by molar-refractivity contribution is 5.75. The van der Waals surface area contributed by atoms with Gasteiger partial charge >= 0.3 is 0 Å². The number of hydrogen-bond donors (Lipinski definition) is 2. The summed E-state index contributed by atoms with van der Waals surface area (Å²) in [5.74, 6) is 0.842. The van der Waals surface area contributed by atoms with Crippen LogP contribution in [0.3, 0.4) is 0 Å². The molecule has 0 radical (unpaired) electrons. The van der Waals surface area contributed by atoms with Crippen molar-refractivity contribution in [3.63, 3.8) is 0 Å². The van der Waals surface area contributed by atoms with Gasteiger partial charge in [-0.05, 0) is 48.8 Å². The number of aryl methyl sites for hydroxylation is 1. The van der Waals surface area contributed by atoms with Gasteiger partial charge < -0.3 is 15.3 Å². The van der Waals surface area contributed by atoms with Crippen LogP contribution in [-0.4, -0.2) is 55.7 Å². The molecule has 8 heteroatoms. The maximum atomic E-state index is 10.7. The van der Waals surface area contributed by atoms with Gasteiger partial charge in [-0.1, -0.05) is 13.0 Å². The van der Waals surface area contributed by atoms with E-state index in [1.807, 2.05) is 18.3 Å². The minimum atomic E-state index is 0.184. The molecule has 8 nitrogen and oxygen atoms in total. The summed E-state index contributed by atoms with van der Waals surface area (Å²) in [5, 5.41) is 27.6. The van der Waals surface area contributed by atoms with Crippen molar-refractivity contribution in [1.82, 2.24) is 30.3 Å². The fourth-order valence-electron chi connectivity index (χ4n) is 4.90. The van der Waals surface area contributed by atoms with Crippen LogP contribution in [0, 0.1) is 5.41 Å². The number of piperazine rings is 1. The number of phenols is 1. The molecule has 2 N–H and O–H groups in total. The summed E-state index contributed by atoms with van der Waals surface area (Å²) in [6, 6.07) is 6.17. The molecule has 1 aromatic carbocycles. The quantitative estimate of drug-likeness (QED) is 0.674. The second kappa shape index (κ2) is 7.02. The Morgan fingerprint density at radius 3 is 2.81 bits per heavy atom. The Kier molecular flexibility index (Phi) is 4.24. The van der Waals surface area contributed by atoms with E-state index in [2.05, 4.69) is 42.1 Å². The first-order chi connectivity index (χ1) is 15.1. The summed E-state index contributed by atoms with van der Waals surface area (Å²) in [5.41, 5.74) is 4.94. The van der Waals surface area contributed by atoms with E-state index in [0.717, 1.165) is 50.1 Å². The fraction of sp³-hybridized carbons (Fsp3) is 0.478. The number of fused-ring (bicyclic) bond motifs is 1. The van der Waals surface area contributed by atoms with E-state index in [0.29, 0.717) is 28.7 Å². The summed E-state index contributed by atoms with van der Waals surface area (Å²) in [7, 11) is 0. The second-order valence-electron chi connectivity index (χ2n) is 9.31. The van der Waals surface area contributed by atoms with Gasteiger partial charge in [-0.3, -0.25) is 4.68 Å². The number of hydrogen-bond acceptors (Lipinski definition) is 7. The molecule has 6 rings (SSSR count). The topological polar surface area (TPSA) is 92.0 Å². The molecule has 1 aliphatic carbocycles. The molecular weight excluding hydrogens is 390 g/mol. The summed E-state index contributed by atoms with van der Waals surface area (Å²) in [6.07, 6.45) is 8.33. The van der Waals surface area contributed by atoms with Crippen LogP contribution in [0.1, 0.15) is 31.9 Å². The molecule has 160 valence electrons. The number of nitrogens with zero attached hydrogens (tertiary/aromatic N) is 6. The third-order valence-corrected chi connectivity index (χ3v) is 7.20. The number of benzene rings is 1. The Hall–Kier alpha value is -3.00. The van der Waals surface area contributed by atoms with Crippen LogP contribution in [0.25, 0.3) is 22.4 Å². The van der Waals surface area contributed by atoms with Crippen LogP contribution < -0.4 is 10.2 Å². The summed E-state index contributed by atoms with van der Waals surface area (Å²) >= 11 is 0. The number of aromatic nitrogens is 5. The lowest BCUT2D eigenvalue weighted by Gasteiger charge is -2.36. The van der Waals surface area contributed by atoms with Crippen LogP contribution in [0.2, 0.25) is 0 Å². The van der Waals surface area contributed by atoms with Crippen LogP contribution in [0.4, 0.5) is 5.95 Å². The first kappa shape index (κ1) is 18.7. The summed E-state index contributed by atoms with van der Waals surface area (Å²) in [6.45, 7) is 6.05. The zero-order valence-electron chi connectivity index (χ0n) is 17.8. The third-order valence-electron chi connectivity index (χ3n) is 7.20. The van der Waals surface area contributed by atoms with Crippen molar-refractivity contribution in [3.05, 3.63) is 36.3 Å². The predicted molar refractivity (Wildman–Crippen MR) is 118 cm³/mol. The van der Waals surface area contributed by atoms with Gasteiger partial charge in [0.1, 0.15) is 11.4 Å². The Labute approximate surface area is 181 Å². The van der Waals surface area contributed by atoms with Gasteiger partial charge in [-0.15, -0.1) is 10.2 Å². The van der Waals surface area contributed by atoms with Crippen LogP contribution in [0.5, 0.6) is 5.75 Å². The van der Waals surface area contributed by atoms with E-state index in [-0.39, 0.29) is 5.75 Å². The maximum Gasteiger partial charge on any atom is 0.245 e. The number of aromatic hydroxyl groups is 1. The van der Waals surface area contributed by atoms with Gasteiger partial charge in [-0.25, -0.2) is 4.98 Å². The van der Waals surface area contributed by atoms with Gasteiger partial charge in [0.15, 0.2) is 0 Å². The van der Waals surface area contributed by atoms with Crippen molar-refractivity contribution in [2.24, 2.45) is 5.41 Å². The lowest BCUT2D eigenvalue weighted by molar-refractivity contribution is 0.329. The second-order valence-corrected chi connectivity index (χ2v) is 9.31. The molecule has 2 fully saturated rings. The Bertz CT molecular complexity index is 1120. The number of phenolic OH excluding ortho intramolecular Hbond substituents is 1. The molecule has 1 unspecified atom stereocenters. The largest absolute Gasteiger partial charge is 0.507 e. The van der Waals surface area contributed by atoms with Crippen molar-refractivity contribution in [2.75, 3.05) is 24.5 Å². The van der Waals surface area contributed by atoms with E-state index in [1.165, 1.54) is 18.5 Å². The normalized spacial score (nSPS) is 21.8. The van der Waals surface area contributed by atoms with Crippen molar-refractivity contribution >= 4 is 5.95 Å². The van der Waals surface area contributed by atoms with Crippen LogP contribution in [-0.2, 0) is 13.0 Å². The molecular formula is C23H27N7O. The van der Waals surface area contributed by atoms with Gasteiger partial charge in [-0.2, -0.15) is 5.10 Å². The SMILES string of the molecule is CC1(C2CN(c3ncc(-c4ccc(-c5cnn6c5CCC6)cc4O)nn3)CCN2)CC1. The molecule has 3 aromatic rings. The number of rotatable bonds is 4. The molecule has 0 bridgehead atoms. The lowest BCUT2D eigenvalue weighted by atomic mass is 9.97. The molecule has 1 atom stereocenters. The molecule has 0 amide bonds. The molecule has 3 aliphatic rings. The van der Waals surface area contributed by atoms with Crippen LogP contribution in [0.15, 0.2) is 30.6 Å². The summed E-state index contributed by atoms with van der Waals surface area (Å²) < 4.78 is 2.05. The minimum absolute atomic E-state index is 0.184. The molecule has 1 saturated carbocycles. The summed E-state index contributed by atoms with van der Waals surface area (Å²) in [4.78, 5) is 6.79. The van der Waals surface area contributed by atoms with Crippen molar-refractivity contribution in [3.8, 4) is 28.1 Å². The van der Waals surface area contributed by atoms with E-state index in [9.17, 15) is 5.11 Å². The Balaban J connectivity index is 1.22. The molecule has 1 saturated heterocycles. The highest BCUT2D eigenvalue weighted by Gasteiger charge is 2.46. The molecule has 31 heavy (non-hydrogen) atoms. The van der Waals surface area contributed by atoms with E-state index in [1.54, 1.807) is 12.3 Å². The average Bonchev–Trinajstić information content (AvgIpc) is 3.20. The smallest absolute Gasteiger partial charge is 0.245 e. The van der Waals surface area contributed by atoms with E-state index >= 15 is 0 Å². The van der Waals surface area contributed by atoms with Crippen molar-refractivity contribution in [2.45, 2.75) is 45.2 Å². The molecule has 0 spiro atoms. The van der Waals surface area contributed by atoms with Gasteiger partial charge in [0.2, 0.25) is 5.95 Å². The van der Waals surface area contributed by atoms with Crippen molar-refractivity contribution in [1.29, 1.82) is 0 Å². The highest BCUT2D eigenvalue weighted by Crippen LogP contribution is 2.48. The maximum absolute atomic E-state index is 10.7. The lowest BCUT2D eigenvalue weighted by Crippen LogP contribution is -2.54. The fourth-order valence-corrected chi connectivity index (χ4v) is 4.90.